The van der Waals surface area contributed by atoms with Crippen molar-refractivity contribution in [2.24, 2.45) is 0 Å². The van der Waals surface area contributed by atoms with Gasteiger partial charge in [-0.2, -0.15) is 0 Å². The first-order valence-corrected chi connectivity index (χ1v) is 7.34. The molecule has 0 saturated heterocycles. The van der Waals surface area contributed by atoms with E-state index in [2.05, 4.69) is 12.2 Å². The van der Waals surface area contributed by atoms with E-state index >= 15 is 0 Å². The Balaban J connectivity index is 2.60. The Bertz CT molecular complexity index is 422. The summed E-state index contributed by atoms with van der Waals surface area (Å²) in [6.45, 7) is 5.25. The summed E-state index contributed by atoms with van der Waals surface area (Å²) in [5, 5.41) is 14.2. The zero-order valence-electron chi connectivity index (χ0n) is 12.4. The van der Waals surface area contributed by atoms with Crippen LogP contribution in [-0.2, 0) is 0 Å². The molecule has 0 amide bonds. The lowest BCUT2D eigenvalue weighted by molar-refractivity contribution is -0.385. The molecule has 20 heavy (non-hydrogen) atoms. The topological polar surface area (TPSA) is 64.4 Å². The van der Waals surface area contributed by atoms with E-state index in [0.29, 0.717) is 24.6 Å². The number of para-hydroxylation sites is 1. The molecule has 0 spiro atoms. The minimum absolute atomic E-state index is 0.0305. The van der Waals surface area contributed by atoms with E-state index in [1.165, 1.54) is 19.3 Å². The number of ether oxygens (including phenoxy) is 1. The fourth-order valence-electron chi connectivity index (χ4n) is 2.05. The number of nitro groups is 1. The maximum Gasteiger partial charge on any atom is 0.333 e. The molecule has 5 nitrogen and oxygen atoms in total. The Labute approximate surface area is 120 Å². The normalized spacial score (nSPS) is 10.3. The first-order valence-electron chi connectivity index (χ1n) is 7.34. The second-order valence-corrected chi connectivity index (χ2v) is 4.70. The van der Waals surface area contributed by atoms with Crippen LogP contribution in [0.5, 0.6) is 5.75 Å². The number of benzene rings is 1. The van der Waals surface area contributed by atoms with Crippen LogP contribution in [0.15, 0.2) is 18.2 Å². The van der Waals surface area contributed by atoms with Crippen molar-refractivity contribution in [1.29, 1.82) is 0 Å². The highest BCUT2D eigenvalue weighted by atomic mass is 16.6. The minimum Gasteiger partial charge on any atom is -0.487 e. The van der Waals surface area contributed by atoms with Gasteiger partial charge in [-0.1, -0.05) is 38.7 Å². The lowest BCUT2D eigenvalue weighted by Crippen LogP contribution is -2.05. The third-order valence-electron chi connectivity index (χ3n) is 3.05. The number of unbranched alkanes of at least 4 members (excludes halogenated alkanes) is 4. The lowest BCUT2D eigenvalue weighted by Gasteiger charge is -2.10. The number of hydrogen-bond donors (Lipinski definition) is 1. The summed E-state index contributed by atoms with van der Waals surface area (Å²) in [4.78, 5) is 10.8. The summed E-state index contributed by atoms with van der Waals surface area (Å²) in [5.41, 5.74) is 0.545. The molecule has 0 aliphatic rings. The molecule has 0 heterocycles. The summed E-state index contributed by atoms with van der Waals surface area (Å²) >= 11 is 0. The highest BCUT2D eigenvalue weighted by molar-refractivity contribution is 5.68. The molecule has 0 aliphatic heterocycles. The molecule has 1 N–H and O–H groups in total. The molecule has 1 aromatic carbocycles. The summed E-state index contributed by atoms with van der Waals surface area (Å²) in [6, 6.07) is 5.14. The van der Waals surface area contributed by atoms with Crippen LogP contribution in [0.1, 0.15) is 46.0 Å². The Morgan fingerprint density at radius 2 is 1.95 bits per heavy atom. The molecule has 1 aromatic rings. The molecule has 0 aliphatic carbocycles. The maximum atomic E-state index is 11.2. The van der Waals surface area contributed by atoms with Crippen LogP contribution < -0.4 is 10.1 Å². The third kappa shape index (κ3) is 5.07. The van der Waals surface area contributed by atoms with Crippen molar-refractivity contribution in [1.82, 2.24) is 0 Å². The zero-order chi connectivity index (χ0) is 14.8. The highest BCUT2D eigenvalue weighted by Gasteiger charge is 2.20. The van der Waals surface area contributed by atoms with Crippen molar-refractivity contribution in [2.45, 2.75) is 46.0 Å². The van der Waals surface area contributed by atoms with Crippen molar-refractivity contribution in [3.8, 4) is 5.75 Å². The van der Waals surface area contributed by atoms with Crippen molar-refractivity contribution >= 4 is 11.4 Å². The maximum absolute atomic E-state index is 11.2. The summed E-state index contributed by atoms with van der Waals surface area (Å²) in [7, 11) is 0. The number of nitrogens with one attached hydrogen (secondary N) is 1. The summed E-state index contributed by atoms with van der Waals surface area (Å²) in [5.74, 6) is 0.351. The van der Waals surface area contributed by atoms with Crippen LogP contribution in [0.25, 0.3) is 0 Å². The van der Waals surface area contributed by atoms with E-state index in [1.54, 1.807) is 18.2 Å². The number of nitrogens with zero attached hydrogens (tertiary/aromatic N) is 1. The van der Waals surface area contributed by atoms with E-state index in [1.807, 2.05) is 6.92 Å². The van der Waals surface area contributed by atoms with Gasteiger partial charge in [0.05, 0.1) is 11.5 Å². The van der Waals surface area contributed by atoms with Gasteiger partial charge >= 0.3 is 5.69 Å². The van der Waals surface area contributed by atoms with Gasteiger partial charge in [-0.05, 0) is 25.5 Å². The number of nitro benzene ring substituents is 1. The minimum atomic E-state index is -0.385. The van der Waals surface area contributed by atoms with Crippen LogP contribution >= 0.6 is 0 Å². The van der Waals surface area contributed by atoms with Gasteiger partial charge in [0.25, 0.3) is 0 Å². The first-order chi connectivity index (χ1) is 9.70. The van der Waals surface area contributed by atoms with Crippen LogP contribution in [0.3, 0.4) is 0 Å². The number of anilines is 1. The smallest absolute Gasteiger partial charge is 0.333 e. The summed E-state index contributed by atoms with van der Waals surface area (Å²) in [6.07, 6.45) is 5.67. The molecule has 0 saturated carbocycles. The largest absolute Gasteiger partial charge is 0.487 e. The molecular formula is C15H24N2O3. The molecular weight excluding hydrogens is 256 g/mol. The molecule has 0 atom stereocenters. The van der Waals surface area contributed by atoms with Gasteiger partial charge in [0.15, 0.2) is 5.75 Å². The molecule has 0 fully saturated rings. The molecule has 0 unspecified atom stereocenters. The first kappa shape index (κ1) is 16.3. The third-order valence-corrected chi connectivity index (χ3v) is 3.05. The Hall–Kier alpha value is -1.78. The highest BCUT2D eigenvalue weighted by Crippen LogP contribution is 2.34. The predicted octanol–water partition coefficient (Wildman–Crippen LogP) is 4.38. The van der Waals surface area contributed by atoms with Crippen molar-refractivity contribution in [2.75, 3.05) is 18.5 Å². The van der Waals surface area contributed by atoms with E-state index < -0.39 is 0 Å². The fourth-order valence-corrected chi connectivity index (χ4v) is 2.05. The van der Waals surface area contributed by atoms with E-state index in [9.17, 15) is 10.1 Å². The SMILES string of the molecule is CCCCCCCOc1cccc(NCC)c1[N+](=O)[O-]. The van der Waals surface area contributed by atoms with Gasteiger partial charge in [-0.15, -0.1) is 0 Å². The zero-order valence-corrected chi connectivity index (χ0v) is 12.4. The Kier molecular flexibility index (Phi) is 7.47. The lowest BCUT2D eigenvalue weighted by atomic mass is 10.2. The Morgan fingerprint density at radius 1 is 1.20 bits per heavy atom. The molecule has 5 heteroatoms. The predicted molar refractivity (Wildman–Crippen MR) is 81.5 cm³/mol. The van der Waals surface area contributed by atoms with Gasteiger partial charge in [0, 0.05) is 6.54 Å². The van der Waals surface area contributed by atoms with E-state index in [0.717, 1.165) is 12.8 Å². The molecule has 112 valence electrons. The van der Waals surface area contributed by atoms with Crippen molar-refractivity contribution in [3.63, 3.8) is 0 Å². The molecule has 0 bridgehead atoms. The molecule has 0 radical (unpaired) electrons. The average molecular weight is 280 g/mol. The van der Waals surface area contributed by atoms with E-state index in [4.69, 9.17) is 4.74 Å². The quantitative estimate of drug-likeness (QED) is 0.392. The summed E-state index contributed by atoms with van der Waals surface area (Å²) < 4.78 is 5.58. The molecule has 0 aromatic heterocycles. The second kappa shape index (κ2) is 9.18. The average Bonchev–Trinajstić information content (AvgIpc) is 2.43. The second-order valence-electron chi connectivity index (χ2n) is 4.70. The molecule has 1 rings (SSSR count). The number of rotatable bonds is 10. The van der Waals surface area contributed by atoms with Crippen LogP contribution in [-0.4, -0.2) is 18.1 Å². The van der Waals surface area contributed by atoms with Gasteiger partial charge in [0.1, 0.15) is 5.69 Å². The van der Waals surface area contributed by atoms with Crippen LogP contribution in [0.4, 0.5) is 11.4 Å². The van der Waals surface area contributed by atoms with Gasteiger partial charge in [-0.25, -0.2) is 0 Å². The van der Waals surface area contributed by atoms with Crippen LogP contribution in [0, 0.1) is 10.1 Å². The van der Waals surface area contributed by atoms with E-state index in [-0.39, 0.29) is 10.6 Å². The Morgan fingerprint density at radius 3 is 2.60 bits per heavy atom. The van der Waals surface area contributed by atoms with Gasteiger partial charge in [0.2, 0.25) is 0 Å². The number of hydrogen-bond acceptors (Lipinski definition) is 4. The van der Waals surface area contributed by atoms with Crippen molar-refractivity contribution < 1.29 is 9.66 Å². The standard InChI is InChI=1S/C15H24N2O3/c1-3-5-6-7-8-12-20-14-11-9-10-13(16-4-2)15(14)17(18)19/h9-11,16H,3-8,12H2,1-2H3. The van der Waals surface area contributed by atoms with Gasteiger partial charge in [-0.3, -0.25) is 10.1 Å². The van der Waals surface area contributed by atoms with Gasteiger partial charge < -0.3 is 10.1 Å². The monoisotopic (exact) mass is 280 g/mol. The van der Waals surface area contributed by atoms with Crippen LogP contribution in [0.2, 0.25) is 0 Å². The fraction of sp³-hybridized carbons (Fsp3) is 0.600. The van der Waals surface area contributed by atoms with Crippen molar-refractivity contribution in [3.05, 3.63) is 28.3 Å².